The molecule has 6 atom stereocenters. The zero-order valence-electron chi connectivity index (χ0n) is 10.6. The van der Waals surface area contributed by atoms with Gasteiger partial charge in [0.1, 0.15) is 0 Å². The van der Waals surface area contributed by atoms with Crippen LogP contribution in [-0.4, -0.2) is 13.9 Å². The highest BCUT2D eigenvalue weighted by Crippen LogP contribution is 2.75. The van der Waals surface area contributed by atoms with Crippen molar-refractivity contribution in [2.45, 2.75) is 44.5 Å². The molecule has 0 aliphatic heterocycles. The first-order chi connectivity index (χ1) is 7.51. The SMILES string of the molecule is C[Si](C)(C)O[C@]12C[C@H]1[C@H]1C[C@@H]2[C@@H]2CC=C[C@@H]21. The molecule has 0 N–H and O–H groups in total. The summed E-state index contributed by atoms with van der Waals surface area (Å²) in [7, 11) is -1.35. The molecule has 0 aromatic heterocycles. The van der Waals surface area contributed by atoms with Gasteiger partial charge in [0.05, 0.1) is 5.60 Å². The van der Waals surface area contributed by atoms with Crippen molar-refractivity contribution in [1.29, 1.82) is 0 Å². The van der Waals surface area contributed by atoms with Crippen LogP contribution in [0.1, 0.15) is 19.3 Å². The van der Waals surface area contributed by atoms with Crippen molar-refractivity contribution in [2.75, 3.05) is 0 Å². The maximum atomic E-state index is 6.61. The van der Waals surface area contributed by atoms with E-state index in [0.717, 1.165) is 29.6 Å². The molecule has 3 fully saturated rings. The van der Waals surface area contributed by atoms with Gasteiger partial charge < -0.3 is 4.43 Å². The number of allylic oxidation sites excluding steroid dienone is 2. The number of rotatable bonds is 2. The van der Waals surface area contributed by atoms with Gasteiger partial charge in [0.15, 0.2) is 8.32 Å². The highest BCUT2D eigenvalue weighted by Gasteiger charge is 2.75. The summed E-state index contributed by atoms with van der Waals surface area (Å²) in [5.74, 6) is 4.74. The van der Waals surface area contributed by atoms with E-state index in [4.69, 9.17) is 4.43 Å². The first kappa shape index (κ1) is 9.90. The summed E-state index contributed by atoms with van der Waals surface area (Å²) in [6.45, 7) is 7.06. The Morgan fingerprint density at radius 2 is 2.00 bits per heavy atom. The summed E-state index contributed by atoms with van der Waals surface area (Å²) < 4.78 is 6.61. The van der Waals surface area contributed by atoms with E-state index in [1.54, 1.807) is 0 Å². The zero-order valence-corrected chi connectivity index (χ0v) is 11.6. The molecule has 0 aromatic carbocycles. The minimum absolute atomic E-state index is 0.377. The highest BCUT2D eigenvalue weighted by atomic mass is 28.4. The van der Waals surface area contributed by atoms with E-state index in [9.17, 15) is 0 Å². The fraction of sp³-hybridized carbons (Fsp3) is 0.857. The Morgan fingerprint density at radius 3 is 2.75 bits per heavy atom. The normalized spacial score (nSPS) is 56.6. The monoisotopic (exact) mass is 234 g/mol. The van der Waals surface area contributed by atoms with Crippen LogP contribution in [0, 0.1) is 29.6 Å². The lowest BCUT2D eigenvalue weighted by Crippen LogP contribution is -2.41. The van der Waals surface area contributed by atoms with Crippen LogP contribution in [0.5, 0.6) is 0 Å². The predicted molar refractivity (Wildman–Crippen MR) is 67.6 cm³/mol. The minimum Gasteiger partial charge on any atom is -0.412 e. The fourth-order valence-electron chi connectivity index (χ4n) is 5.19. The second-order valence-electron chi connectivity index (χ2n) is 7.39. The molecule has 2 bridgehead atoms. The third-order valence-corrected chi connectivity index (χ3v) is 6.44. The average molecular weight is 234 g/mol. The second kappa shape index (κ2) is 2.67. The van der Waals surface area contributed by atoms with Gasteiger partial charge in [-0.3, -0.25) is 0 Å². The molecule has 4 aliphatic carbocycles. The van der Waals surface area contributed by atoms with Crippen molar-refractivity contribution in [3.8, 4) is 0 Å². The fourth-order valence-corrected chi connectivity index (χ4v) is 6.72. The Kier molecular flexibility index (Phi) is 1.65. The molecule has 0 amide bonds. The maximum absolute atomic E-state index is 6.61. The van der Waals surface area contributed by atoms with E-state index >= 15 is 0 Å². The standard InChI is InChI=1S/C14H22OSi/c1-16(2,3)15-14-8-13(14)11-7-12(14)10-6-4-5-9(10)11/h4-5,9-13H,6-8H2,1-3H3/t9-,10+,11-,12+,13-,14-/m0/s1. The highest BCUT2D eigenvalue weighted by molar-refractivity contribution is 6.69. The summed E-state index contributed by atoms with van der Waals surface area (Å²) in [5, 5.41) is 0. The molecule has 0 saturated heterocycles. The first-order valence-corrected chi connectivity index (χ1v) is 10.3. The number of fused-ring (bicyclic) bond motifs is 8. The van der Waals surface area contributed by atoms with E-state index in [1.807, 2.05) is 0 Å². The second-order valence-corrected chi connectivity index (χ2v) is 11.8. The molecule has 4 rings (SSSR count). The molecule has 1 nitrogen and oxygen atoms in total. The van der Waals surface area contributed by atoms with Crippen molar-refractivity contribution in [3.05, 3.63) is 12.2 Å². The molecule has 0 heterocycles. The maximum Gasteiger partial charge on any atom is 0.184 e. The van der Waals surface area contributed by atoms with Crippen molar-refractivity contribution < 1.29 is 4.43 Å². The largest absolute Gasteiger partial charge is 0.412 e. The van der Waals surface area contributed by atoms with Gasteiger partial charge in [-0.15, -0.1) is 0 Å². The van der Waals surface area contributed by atoms with Gasteiger partial charge in [-0.1, -0.05) is 12.2 Å². The topological polar surface area (TPSA) is 9.23 Å². The van der Waals surface area contributed by atoms with Gasteiger partial charge in [0.25, 0.3) is 0 Å². The van der Waals surface area contributed by atoms with Crippen LogP contribution >= 0.6 is 0 Å². The molecular weight excluding hydrogens is 212 g/mol. The van der Waals surface area contributed by atoms with Crippen LogP contribution in [0.15, 0.2) is 12.2 Å². The number of hydrogen-bond acceptors (Lipinski definition) is 1. The lowest BCUT2D eigenvalue weighted by Gasteiger charge is -2.36. The summed E-state index contributed by atoms with van der Waals surface area (Å²) in [5.41, 5.74) is 0.377. The zero-order chi connectivity index (χ0) is 11.1. The Hall–Kier alpha value is -0.0831. The van der Waals surface area contributed by atoms with Gasteiger partial charge in [0.2, 0.25) is 0 Å². The van der Waals surface area contributed by atoms with Crippen molar-refractivity contribution >= 4 is 8.32 Å². The van der Waals surface area contributed by atoms with Gasteiger partial charge in [-0.05, 0) is 68.5 Å². The molecule has 2 heteroatoms. The van der Waals surface area contributed by atoms with Crippen molar-refractivity contribution in [2.24, 2.45) is 29.6 Å². The molecule has 16 heavy (non-hydrogen) atoms. The van der Waals surface area contributed by atoms with E-state index in [2.05, 4.69) is 31.8 Å². The lowest BCUT2D eigenvalue weighted by atomic mass is 9.80. The third kappa shape index (κ3) is 1.05. The summed E-state index contributed by atoms with van der Waals surface area (Å²) >= 11 is 0. The van der Waals surface area contributed by atoms with E-state index in [-0.39, 0.29) is 0 Å². The predicted octanol–water partition coefficient (Wildman–Crippen LogP) is 3.44. The number of hydrogen-bond donors (Lipinski definition) is 0. The molecule has 4 aliphatic rings. The van der Waals surface area contributed by atoms with Gasteiger partial charge in [-0.2, -0.15) is 0 Å². The van der Waals surface area contributed by atoms with Crippen LogP contribution in [0.2, 0.25) is 19.6 Å². The molecule has 0 spiro atoms. The Bertz CT molecular complexity index is 369. The van der Waals surface area contributed by atoms with Gasteiger partial charge >= 0.3 is 0 Å². The van der Waals surface area contributed by atoms with Crippen molar-refractivity contribution in [3.63, 3.8) is 0 Å². The van der Waals surface area contributed by atoms with Crippen LogP contribution in [-0.2, 0) is 4.43 Å². The van der Waals surface area contributed by atoms with E-state index in [1.165, 1.54) is 19.3 Å². The Balaban J connectivity index is 1.64. The summed E-state index contributed by atoms with van der Waals surface area (Å²) in [6, 6.07) is 0. The average Bonchev–Trinajstić information content (AvgIpc) is 2.57. The summed E-state index contributed by atoms with van der Waals surface area (Å²) in [4.78, 5) is 0. The van der Waals surface area contributed by atoms with Crippen LogP contribution in [0.3, 0.4) is 0 Å². The molecule has 0 aromatic rings. The smallest absolute Gasteiger partial charge is 0.184 e. The molecule has 88 valence electrons. The Morgan fingerprint density at radius 1 is 1.19 bits per heavy atom. The van der Waals surface area contributed by atoms with Gasteiger partial charge in [0, 0.05) is 0 Å². The lowest BCUT2D eigenvalue weighted by molar-refractivity contribution is 0.0591. The molecule has 0 radical (unpaired) electrons. The van der Waals surface area contributed by atoms with Crippen molar-refractivity contribution in [1.82, 2.24) is 0 Å². The minimum atomic E-state index is -1.35. The quantitative estimate of drug-likeness (QED) is 0.525. The van der Waals surface area contributed by atoms with E-state index < -0.39 is 8.32 Å². The van der Waals surface area contributed by atoms with Gasteiger partial charge in [-0.25, -0.2) is 0 Å². The third-order valence-electron chi connectivity index (χ3n) is 5.45. The van der Waals surface area contributed by atoms with Crippen LogP contribution < -0.4 is 0 Å². The first-order valence-electron chi connectivity index (χ1n) is 6.88. The molecular formula is C14H22OSi. The Labute approximate surface area is 99.4 Å². The summed E-state index contributed by atoms with van der Waals surface area (Å²) in [6.07, 6.45) is 9.17. The molecule has 0 unspecified atom stereocenters. The van der Waals surface area contributed by atoms with E-state index in [0.29, 0.717) is 5.60 Å². The molecule has 3 saturated carbocycles. The van der Waals surface area contributed by atoms with Crippen LogP contribution in [0.25, 0.3) is 0 Å². The van der Waals surface area contributed by atoms with Crippen LogP contribution in [0.4, 0.5) is 0 Å².